The van der Waals surface area contributed by atoms with Gasteiger partial charge < -0.3 is 10.2 Å². The number of allylic oxidation sites excluding steroid dienone is 2. The second-order valence-corrected chi connectivity index (χ2v) is 5.91. The number of fused-ring (bicyclic) bond motifs is 3. The molecule has 4 nitrogen and oxygen atoms in total. The molecule has 2 aromatic rings. The van der Waals surface area contributed by atoms with Gasteiger partial charge in [0.2, 0.25) is 0 Å². The van der Waals surface area contributed by atoms with Gasteiger partial charge in [0.15, 0.2) is 5.78 Å². The van der Waals surface area contributed by atoms with Crippen molar-refractivity contribution >= 4 is 29.0 Å². The molecule has 0 bridgehead atoms. The van der Waals surface area contributed by atoms with Gasteiger partial charge in [-0.05, 0) is 22.8 Å². The number of ketones is 1. The van der Waals surface area contributed by atoms with Crippen molar-refractivity contribution in [2.75, 3.05) is 6.61 Å². The zero-order chi connectivity index (χ0) is 17.6. The van der Waals surface area contributed by atoms with Crippen LogP contribution < -0.4 is 0 Å². The fraction of sp³-hybridized carbons (Fsp3) is 0.0476. The van der Waals surface area contributed by atoms with Gasteiger partial charge in [0, 0.05) is 22.3 Å². The first-order chi connectivity index (χ1) is 12.1. The molecule has 2 aliphatic carbocycles. The molecule has 4 heteroatoms. The summed E-state index contributed by atoms with van der Waals surface area (Å²) in [4.78, 5) is 25.1. The molecule has 0 radical (unpaired) electrons. The maximum atomic E-state index is 12.9. The van der Waals surface area contributed by atoms with Crippen molar-refractivity contribution in [3.8, 4) is 0 Å². The van der Waals surface area contributed by atoms with Gasteiger partial charge in [-0.15, -0.1) is 0 Å². The summed E-state index contributed by atoms with van der Waals surface area (Å²) in [5, 5.41) is 19.7. The average molecular weight is 330 g/mol. The lowest BCUT2D eigenvalue weighted by atomic mass is 9.78. The Balaban J connectivity index is 2.11. The number of carboxylic acids is 1. The van der Waals surface area contributed by atoms with Gasteiger partial charge in [-0.3, -0.25) is 4.79 Å². The van der Waals surface area contributed by atoms with Crippen LogP contribution in [0, 0.1) is 0 Å². The lowest BCUT2D eigenvalue weighted by Gasteiger charge is -2.23. The third kappa shape index (κ3) is 2.19. The summed E-state index contributed by atoms with van der Waals surface area (Å²) in [7, 11) is 0. The molecule has 122 valence electrons. The van der Waals surface area contributed by atoms with E-state index in [0.29, 0.717) is 22.3 Å². The maximum absolute atomic E-state index is 12.9. The molecule has 0 saturated carbocycles. The third-order valence-corrected chi connectivity index (χ3v) is 4.55. The van der Waals surface area contributed by atoms with E-state index in [1.54, 1.807) is 30.3 Å². The van der Waals surface area contributed by atoms with Crippen LogP contribution in [0.4, 0.5) is 0 Å². The van der Waals surface area contributed by atoms with Crippen LogP contribution >= 0.6 is 0 Å². The van der Waals surface area contributed by atoms with Crippen molar-refractivity contribution in [1.29, 1.82) is 0 Å². The minimum Gasteiger partial charge on any atom is -0.478 e. The zero-order valence-electron chi connectivity index (χ0n) is 13.2. The van der Waals surface area contributed by atoms with E-state index in [1.807, 2.05) is 30.3 Å². The number of aliphatic hydroxyl groups is 1. The quantitative estimate of drug-likeness (QED) is 0.907. The van der Waals surface area contributed by atoms with Crippen molar-refractivity contribution in [3.05, 3.63) is 88.0 Å². The van der Waals surface area contributed by atoms with Crippen LogP contribution in [0.3, 0.4) is 0 Å². The van der Waals surface area contributed by atoms with Gasteiger partial charge in [-0.2, -0.15) is 0 Å². The number of carbonyl (C=O) groups is 2. The Hall–Kier alpha value is -3.24. The molecule has 2 N–H and O–H groups in total. The summed E-state index contributed by atoms with van der Waals surface area (Å²) >= 11 is 0. The van der Waals surface area contributed by atoms with Gasteiger partial charge in [0.25, 0.3) is 0 Å². The van der Waals surface area contributed by atoms with E-state index < -0.39 is 12.6 Å². The van der Waals surface area contributed by atoms with Crippen molar-refractivity contribution < 1.29 is 19.8 Å². The normalized spacial score (nSPS) is 15.9. The van der Waals surface area contributed by atoms with Crippen molar-refractivity contribution in [2.45, 2.75) is 0 Å². The topological polar surface area (TPSA) is 74.6 Å². The first kappa shape index (κ1) is 15.3. The first-order valence-corrected chi connectivity index (χ1v) is 7.87. The number of hydrogen-bond acceptors (Lipinski definition) is 3. The number of Topliss-reactive ketones (excluding diaryl/α,β-unsaturated/α-hetero) is 1. The number of benzene rings is 2. The summed E-state index contributed by atoms with van der Waals surface area (Å²) in [6, 6.07) is 16.2. The van der Waals surface area contributed by atoms with Crippen molar-refractivity contribution in [3.63, 3.8) is 0 Å². The number of hydrogen-bond donors (Lipinski definition) is 2. The van der Waals surface area contributed by atoms with Crippen LogP contribution in [0.1, 0.15) is 16.7 Å². The monoisotopic (exact) mass is 330 g/mol. The number of aliphatic hydroxyl groups excluding tert-OH is 1. The highest BCUT2D eigenvalue weighted by atomic mass is 16.4. The maximum Gasteiger partial charge on any atom is 0.336 e. The Bertz CT molecular complexity index is 1010. The molecular weight excluding hydrogens is 316 g/mol. The van der Waals surface area contributed by atoms with Crippen molar-refractivity contribution in [1.82, 2.24) is 0 Å². The van der Waals surface area contributed by atoms with Crippen LogP contribution in [-0.2, 0) is 9.59 Å². The molecule has 25 heavy (non-hydrogen) atoms. The highest BCUT2D eigenvalue weighted by molar-refractivity contribution is 6.36. The standard InChI is InChI=1S/C21H14O4/c22-11-16-17(12-6-2-1-3-7-12)19(21(24)25)18-14-9-5-4-8-13(14)10-15(18)20(16)23/h1-10,22H,11H2,(H,24,25). The Labute approximate surface area is 144 Å². The highest BCUT2D eigenvalue weighted by Gasteiger charge is 2.38. The van der Waals surface area contributed by atoms with E-state index in [-0.39, 0.29) is 16.9 Å². The minimum absolute atomic E-state index is 0.0612. The van der Waals surface area contributed by atoms with Gasteiger partial charge in [0.1, 0.15) is 0 Å². The van der Waals surface area contributed by atoms with Crippen LogP contribution in [0.2, 0.25) is 0 Å². The fourth-order valence-electron chi connectivity index (χ4n) is 3.51. The lowest BCUT2D eigenvalue weighted by Crippen LogP contribution is -2.21. The van der Waals surface area contributed by atoms with E-state index in [4.69, 9.17) is 0 Å². The van der Waals surface area contributed by atoms with E-state index in [2.05, 4.69) is 0 Å². The second kappa shape index (κ2) is 5.69. The van der Waals surface area contributed by atoms with Crippen LogP contribution in [-0.4, -0.2) is 28.6 Å². The molecule has 0 spiro atoms. The van der Waals surface area contributed by atoms with Crippen molar-refractivity contribution in [2.24, 2.45) is 0 Å². The van der Waals surface area contributed by atoms with Crippen LogP contribution in [0.5, 0.6) is 0 Å². The summed E-state index contributed by atoms with van der Waals surface area (Å²) in [6.07, 6.45) is 1.70. The van der Waals surface area contributed by atoms with E-state index in [0.717, 1.165) is 11.1 Å². The van der Waals surface area contributed by atoms with E-state index >= 15 is 0 Å². The number of aliphatic carboxylic acids is 1. The van der Waals surface area contributed by atoms with Crippen LogP contribution in [0.15, 0.2) is 71.3 Å². The molecule has 0 fully saturated rings. The minimum atomic E-state index is -1.12. The molecular formula is C21H14O4. The summed E-state index contributed by atoms with van der Waals surface area (Å²) in [5.74, 6) is -1.44. The second-order valence-electron chi connectivity index (χ2n) is 5.91. The van der Waals surface area contributed by atoms with Gasteiger partial charge in [-0.25, -0.2) is 4.79 Å². The van der Waals surface area contributed by atoms with Gasteiger partial charge in [0.05, 0.1) is 12.2 Å². The molecule has 0 saturated heterocycles. The molecule has 2 aliphatic rings. The summed E-state index contributed by atoms with van der Waals surface area (Å²) < 4.78 is 0. The predicted molar refractivity (Wildman–Crippen MR) is 94.4 cm³/mol. The average Bonchev–Trinajstić information content (AvgIpc) is 3.02. The lowest BCUT2D eigenvalue weighted by molar-refractivity contribution is -0.132. The fourth-order valence-corrected chi connectivity index (χ4v) is 3.51. The predicted octanol–water partition coefficient (Wildman–Crippen LogP) is 2.95. The summed E-state index contributed by atoms with van der Waals surface area (Å²) in [5.41, 5.74) is 3.39. The van der Waals surface area contributed by atoms with E-state index in [1.165, 1.54) is 0 Å². The SMILES string of the molecule is O=C(O)C1=C2C(=Cc3ccccc32)C(=O)C(CO)=C1c1ccccc1. The van der Waals surface area contributed by atoms with E-state index in [9.17, 15) is 19.8 Å². The molecule has 2 aromatic carbocycles. The Morgan fingerprint density at radius 2 is 1.60 bits per heavy atom. The zero-order valence-corrected chi connectivity index (χ0v) is 13.2. The first-order valence-electron chi connectivity index (χ1n) is 7.87. The summed E-state index contributed by atoms with van der Waals surface area (Å²) in [6.45, 7) is -0.513. The molecule has 0 amide bonds. The third-order valence-electron chi connectivity index (χ3n) is 4.55. The Morgan fingerprint density at radius 3 is 2.28 bits per heavy atom. The van der Waals surface area contributed by atoms with Crippen LogP contribution in [0.25, 0.3) is 17.2 Å². The molecule has 0 atom stereocenters. The number of rotatable bonds is 3. The highest BCUT2D eigenvalue weighted by Crippen LogP contribution is 2.47. The Morgan fingerprint density at radius 1 is 0.920 bits per heavy atom. The molecule has 0 unspecified atom stereocenters. The largest absolute Gasteiger partial charge is 0.478 e. The number of carboxylic acid groups (broad SMARTS) is 1. The Kier molecular flexibility index (Phi) is 3.48. The molecule has 0 aliphatic heterocycles. The van der Waals surface area contributed by atoms with Gasteiger partial charge in [-0.1, -0.05) is 54.6 Å². The molecule has 0 heterocycles. The number of carbonyl (C=O) groups excluding carboxylic acids is 1. The molecule has 4 rings (SSSR count). The van der Waals surface area contributed by atoms with Gasteiger partial charge >= 0.3 is 5.97 Å². The molecule has 0 aromatic heterocycles. The smallest absolute Gasteiger partial charge is 0.336 e.